The number of halogens is 1. The van der Waals surface area contributed by atoms with Gasteiger partial charge in [-0.05, 0) is 19.1 Å². The molecule has 0 aliphatic heterocycles. The van der Waals surface area contributed by atoms with Gasteiger partial charge in [0.1, 0.15) is 0 Å². The fourth-order valence-corrected chi connectivity index (χ4v) is 1.30. The summed E-state index contributed by atoms with van der Waals surface area (Å²) in [6.45, 7) is 1.72. The fraction of sp³-hybridized carbons (Fsp3) is 0.333. The highest BCUT2D eigenvalue weighted by atomic mass is 19.1. The molecule has 1 aromatic rings. The van der Waals surface area contributed by atoms with Crippen molar-refractivity contribution in [2.24, 2.45) is 5.73 Å². The SMILES string of the molecule is CCOC(=O)C(N)C(=O)Nc1ccc(OC)c(F)c1. The van der Waals surface area contributed by atoms with Crippen LogP contribution in [0.1, 0.15) is 6.92 Å². The minimum absolute atomic E-state index is 0.0488. The number of benzene rings is 1. The van der Waals surface area contributed by atoms with Gasteiger partial charge in [-0.15, -0.1) is 0 Å². The first-order valence-corrected chi connectivity index (χ1v) is 5.56. The lowest BCUT2D eigenvalue weighted by atomic mass is 10.2. The van der Waals surface area contributed by atoms with E-state index in [0.717, 1.165) is 6.07 Å². The molecule has 0 bridgehead atoms. The lowest BCUT2D eigenvalue weighted by Gasteiger charge is -2.11. The van der Waals surface area contributed by atoms with Crippen LogP contribution in [0.5, 0.6) is 5.75 Å². The summed E-state index contributed by atoms with van der Waals surface area (Å²) < 4.78 is 22.7. The van der Waals surface area contributed by atoms with Crippen molar-refractivity contribution in [1.82, 2.24) is 0 Å². The standard InChI is InChI=1S/C12H15FN2O4/c1-3-19-12(17)10(14)11(16)15-7-4-5-9(18-2)8(13)6-7/h4-6,10H,3,14H2,1-2H3,(H,15,16). The van der Waals surface area contributed by atoms with Gasteiger partial charge >= 0.3 is 5.97 Å². The van der Waals surface area contributed by atoms with Crippen molar-refractivity contribution in [1.29, 1.82) is 0 Å². The van der Waals surface area contributed by atoms with Crippen molar-refractivity contribution >= 4 is 17.6 Å². The molecular formula is C12H15FN2O4. The molecule has 6 nitrogen and oxygen atoms in total. The largest absolute Gasteiger partial charge is 0.494 e. The normalized spacial score (nSPS) is 11.6. The van der Waals surface area contributed by atoms with Crippen molar-refractivity contribution in [2.75, 3.05) is 19.0 Å². The molecule has 0 spiro atoms. The minimum Gasteiger partial charge on any atom is -0.494 e. The second-order valence-electron chi connectivity index (χ2n) is 3.57. The van der Waals surface area contributed by atoms with Crippen LogP contribution in [0.2, 0.25) is 0 Å². The summed E-state index contributed by atoms with van der Waals surface area (Å²) in [5, 5.41) is 2.31. The smallest absolute Gasteiger partial charge is 0.332 e. The van der Waals surface area contributed by atoms with E-state index in [2.05, 4.69) is 10.1 Å². The summed E-state index contributed by atoms with van der Waals surface area (Å²) in [6, 6.07) is 2.39. The van der Waals surface area contributed by atoms with E-state index in [-0.39, 0.29) is 18.0 Å². The van der Waals surface area contributed by atoms with Gasteiger partial charge in [-0.2, -0.15) is 0 Å². The molecule has 0 radical (unpaired) electrons. The highest BCUT2D eigenvalue weighted by Gasteiger charge is 2.23. The van der Waals surface area contributed by atoms with Gasteiger partial charge in [-0.1, -0.05) is 0 Å². The molecule has 1 amide bonds. The van der Waals surface area contributed by atoms with Crippen LogP contribution in [0, 0.1) is 5.82 Å². The Morgan fingerprint density at radius 1 is 1.47 bits per heavy atom. The molecule has 1 atom stereocenters. The number of carbonyl (C=O) groups is 2. The molecule has 1 rings (SSSR count). The number of methoxy groups -OCH3 is 1. The van der Waals surface area contributed by atoms with Crippen LogP contribution in [0.15, 0.2) is 18.2 Å². The highest BCUT2D eigenvalue weighted by Crippen LogP contribution is 2.20. The Balaban J connectivity index is 2.71. The quantitative estimate of drug-likeness (QED) is 0.606. The van der Waals surface area contributed by atoms with Crippen molar-refractivity contribution in [3.05, 3.63) is 24.0 Å². The second kappa shape index (κ2) is 6.69. The van der Waals surface area contributed by atoms with Crippen molar-refractivity contribution < 1.29 is 23.5 Å². The summed E-state index contributed by atoms with van der Waals surface area (Å²) in [7, 11) is 1.33. The third-order valence-electron chi connectivity index (χ3n) is 2.24. The maximum absolute atomic E-state index is 13.4. The number of hydrogen-bond donors (Lipinski definition) is 2. The fourth-order valence-electron chi connectivity index (χ4n) is 1.30. The van der Waals surface area contributed by atoms with Crippen molar-refractivity contribution in [3.8, 4) is 5.75 Å². The van der Waals surface area contributed by atoms with Gasteiger partial charge in [0.2, 0.25) is 0 Å². The maximum Gasteiger partial charge on any atom is 0.332 e. The van der Waals surface area contributed by atoms with E-state index in [9.17, 15) is 14.0 Å². The molecule has 0 aliphatic carbocycles. The molecule has 0 heterocycles. The lowest BCUT2D eigenvalue weighted by molar-refractivity contribution is -0.146. The Morgan fingerprint density at radius 2 is 2.16 bits per heavy atom. The van der Waals surface area contributed by atoms with Crippen LogP contribution in [0.25, 0.3) is 0 Å². The van der Waals surface area contributed by atoms with Crippen LogP contribution in [-0.4, -0.2) is 31.6 Å². The number of ether oxygens (including phenoxy) is 2. The number of rotatable bonds is 5. The van der Waals surface area contributed by atoms with E-state index >= 15 is 0 Å². The molecular weight excluding hydrogens is 255 g/mol. The average Bonchev–Trinajstić information content (AvgIpc) is 2.38. The molecule has 0 saturated heterocycles. The van der Waals surface area contributed by atoms with Crippen LogP contribution in [0.3, 0.4) is 0 Å². The topological polar surface area (TPSA) is 90.7 Å². The number of amides is 1. The van der Waals surface area contributed by atoms with Gasteiger partial charge in [-0.25, -0.2) is 9.18 Å². The third-order valence-corrected chi connectivity index (χ3v) is 2.24. The molecule has 0 aromatic heterocycles. The minimum atomic E-state index is -1.45. The van der Waals surface area contributed by atoms with Gasteiger partial charge in [-0.3, -0.25) is 4.79 Å². The van der Waals surface area contributed by atoms with Crippen LogP contribution >= 0.6 is 0 Å². The first-order valence-electron chi connectivity index (χ1n) is 5.56. The number of anilines is 1. The Hall–Kier alpha value is -2.15. The Bertz CT molecular complexity index is 479. The molecule has 1 unspecified atom stereocenters. The van der Waals surface area contributed by atoms with E-state index in [1.54, 1.807) is 6.92 Å². The summed E-state index contributed by atoms with van der Waals surface area (Å²) in [4.78, 5) is 22.8. The number of esters is 1. The third kappa shape index (κ3) is 3.92. The van der Waals surface area contributed by atoms with E-state index in [1.165, 1.54) is 19.2 Å². The van der Waals surface area contributed by atoms with Gasteiger partial charge < -0.3 is 20.5 Å². The first-order chi connectivity index (χ1) is 8.99. The zero-order valence-corrected chi connectivity index (χ0v) is 10.6. The second-order valence-corrected chi connectivity index (χ2v) is 3.57. The molecule has 3 N–H and O–H groups in total. The summed E-state index contributed by atoms with van der Waals surface area (Å²) in [6.07, 6.45) is 0. The number of carbonyl (C=O) groups excluding carboxylic acids is 2. The first kappa shape index (κ1) is 14.9. The van der Waals surface area contributed by atoms with Crippen LogP contribution < -0.4 is 15.8 Å². The van der Waals surface area contributed by atoms with Crippen molar-refractivity contribution in [2.45, 2.75) is 13.0 Å². The molecule has 0 saturated carbocycles. The number of nitrogens with two attached hydrogens (primary N) is 1. The predicted octanol–water partition coefficient (Wildman–Crippen LogP) is 0.663. The average molecular weight is 270 g/mol. The number of nitrogens with one attached hydrogen (secondary N) is 1. The summed E-state index contributed by atoms with van der Waals surface area (Å²) in [5.74, 6) is -2.20. The van der Waals surface area contributed by atoms with Gasteiger partial charge in [0.15, 0.2) is 17.6 Å². The molecule has 7 heteroatoms. The molecule has 1 aromatic carbocycles. The zero-order chi connectivity index (χ0) is 14.4. The zero-order valence-electron chi connectivity index (χ0n) is 10.6. The van der Waals surface area contributed by atoms with Gasteiger partial charge in [0.25, 0.3) is 5.91 Å². The maximum atomic E-state index is 13.4. The van der Waals surface area contributed by atoms with E-state index in [0.29, 0.717) is 0 Å². The number of hydrogen-bond acceptors (Lipinski definition) is 5. The van der Waals surface area contributed by atoms with Crippen molar-refractivity contribution in [3.63, 3.8) is 0 Å². The molecule has 0 fully saturated rings. The van der Waals surface area contributed by atoms with E-state index in [1.807, 2.05) is 0 Å². The molecule has 104 valence electrons. The highest BCUT2D eigenvalue weighted by molar-refractivity contribution is 6.08. The van der Waals surface area contributed by atoms with Crippen LogP contribution in [-0.2, 0) is 14.3 Å². The molecule has 0 aliphatic rings. The molecule has 19 heavy (non-hydrogen) atoms. The van der Waals surface area contributed by atoms with Gasteiger partial charge in [0.05, 0.1) is 13.7 Å². The van der Waals surface area contributed by atoms with E-state index < -0.39 is 23.7 Å². The summed E-state index contributed by atoms with van der Waals surface area (Å²) in [5.41, 5.74) is 5.55. The van der Waals surface area contributed by atoms with E-state index in [4.69, 9.17) is 10.5 Å². The monoisotopic (exact) mass is 270 g/mol. The Labute approximate surface area is 109 Å². The summed E-state index contributed by atoms with van der Waals surface area (Å²) >= 11 is 0. The van der Waals surface area contributed by atoms with Gasteiger partial charge in [0, 0.05) is 11.8 Å². The van der Waals surface area contributed by atoms with Crippen LogP contribution in [0.4, 0.5) is 10.1 Å². The predicted molar refractivity (Wildman–Crippen MR) is 66.2 cm³/mol. The lowest BCUT2D eigenvalue weighted by Crippen LogP contribution is -2.43. The Kier molecular flexibility index (Phi) is 5.25. The Morgan fingerprint density at radius 3 is 2.68 bits per heavy atom.